The molecule has 1 aromatic heterocycles. The number of carbonyl (C=O) groups excluding carboxylic acids is 1. The molecule has 0 spiro atoms. The minimum absolute atomic E-state index is 0.237. The van der Waals surface area contributed by atoms with E-state index in [0.29, 0.717) is 6.61 Å². The zero-order chi connectivity index (χ0) is 10.6. The first kappa shape index (κ1) is 11.7. The molecule has 1 atom stereocenters. The van der Waals surface area contributed by atoms with Crippen LogP contribution in [-0.4, -0.2) is 12.6 Å². The Balaban J connectivity index is 2.50. The summed E-state index contributed by atoms with van der Waals surface area (Å²) in [6.07, 6.45) is 0.237. The molecule has 0 saturated carbocycles. The van der Waals surface area contributed by atoms with Gasteiger partial charge in [-0.05, 0) is 35.0 Å². The molecular weight excluding hydrogens is 266 g/mol. The number of thiophene rings is 1. The average molecular weight is 278 g/mol. The highest BCUT2D eigenvalue weighted by Gasteiger charge is 2.13. The van der Waals surface area contributed by atoms with E-state index in [9.17, 15) is 4.79 Å². The minimum atomic E-state index is -0.259. The third-order valence-electron chi connectivity index (χ3n) is 1.65. The topological polar surface area (TPSA) is 52.3 Å². The molecule has 1 rings (SSSR count). The van der Waals surface area contributed by atoms with E-state index >= 15 is 0 Å². The first-order valence-corrected chi connectivity index (χ1v) is 5.91. The van der Waals surface area contributed by atoms with Crippen molar-refractivity contribution < 1.29 is 9.53 Å². The molecule has 2 N–H and O–H groups in total. The van der Waals surface area contributed by atoms with Gasteiger partial charge in [0, 0.05) is 10.9 Å². The molecule has 0 saturated heterocycles. The van der Waals surface area contributed by atoms with Crippen LogP contribution in [0.3, 0.4) is 0 Å². The van der Waals surface area contributed by atoms with Gasteiger partial charge in [-0.25, -0.2) is 0 Å². The Morgan fingerprint density at radius 3 is 2.93 bits per heavy atom. The van der Waals surface area contributed by atoms with Gasteiger partial charge in [0.25, 0.3) is 0 Å². The molecule has 3 nitrogen and oxygen atoms in total. The third-order valence-corrected chi connectivity index (χ3v) is 3.41. The maximum Gasteiger partial charge on any atom is 0.307 e. The minimum Gasteiger partial charge on any atom is -0.466 e. The van der Waals surface area contributed by atoms with E-state index < -0.39 is 0 Å². The predicted molar refractivity (Wildman–Crippen MR) is 60.2 cm³/mol. The van der Waals surface area contributed by atoms with Crippen molar-refractivity contribution in [2.75, 3.05) is 6.61 Å². The van der Waals surface area contributed by atoms with Crippen LogP contribution in [0.2, 0.25) is 0 Å². The van der Waals surface area contributed by atoms with Crippen molar-refractivity contribution in [1.29, 1.82) is 0 Å². The molecule has 0 aliphatic heterocycles. The largest absolute Gasteiger partial charge is 0.466 e. The summed E-state index contributed by atoms with van der Waals surface area (Å²) in [5, 5.41) is 0. The van der Waals surface area contributed by atoms with Crippen LogP contribution in [0.25, 0.3) is 0 Å². The Hall–Kier alpha value is -0.390. The molecular formula is C9H12BrNO2S. The SMILES string of the molecule is CCOC(=O)C[C@H](N)c1ccc(Br)s1. The summed E-state index contributed by atoms with van der Waals surface area (Å²) in [4.78, 5) is 12.1. The first-order valence-electron chi connectivity index (χ1n) is 4.30. The van der Waals surface area contributed by atoms with Crippen molar-refractivity contribution in [2.24, 2.45) is 5.73 Å². The highest BCUT2D eigenvalue weighted by Crippen LogP contribution is 2.27. The Morgan fingerprint density at radius 1 is 1.71 bits per heavy atom. The van der Waals surface area contributed by atoms with Crippen molar-refractivity contribution >= 4 is 33.2 Å². The lowest BCUT2D eigenvalue weighted by Gasteiger charge is -2.07. The number of nitrogens with two attached hydrogens (primary N) is 1. The third kappa shape index (κ3) is 3.40. The molecule has 5 heteroatoms. The number of halogens is 1. The predicted octanol–water partition coefficient (Wildman–Crippen LogP) is 2.46. The van der Waals surface area contributed by atoms with Crippen LogP contribution in [-0.2, 0) is 9.53 Å². The van der Waals surface area contributed by atoms with Crippen LogP contribution in [0.1, 0.15) is 24.3 Å². The number of carbonyl (C=O) groups is 1. The van der Waals surface area contributed by atoms with Crippen LogP contribution < -0.4 is 5.73 Å². The molecule has 14 heavy (non-hydrogen) atoms. The van der Waals surface area contributed by atoms with Crippen LogP contribution in [0.5, 0.6) is 0 Å². The quantitative estimate of drug-likeness (QED) is 0.861. The van der Waals surface area contributed by atoms with Gasteiger partial charge in [-0.1, -0.05) is 0 Å². The summed E-state index contributed by atoms with van der Waals surface area (Å²) >= 11 is 4.88. The van der Waals surface area contributed by atoms with E-state index in [4.69, 9.17) is 10.5 Å². The standard InChI is InChI=1S/C9H12BrNO2S/c1-2-13-9(12)5-6(11)7-3-4-8(10)14-7/h3-4,6H,2,5,11H2,1H3/t6-/m0/s1. The summed E-state index contributed by atoms with van der Waals surface area (Å²) < 4.78 is 5.83. The molecule has 0 radical (unpaired) electrons. The lowest BCUT2D eigenvalue weighted by molar-refractivity contribution is -0.143. The number of esters is 1. The molecule has 0 unspecified atom stereocenters. The van der Waals surface area contributed by atoms with Crippen molar-refractivity contribution in [3.8, 4) is 0 Å². The van der Waals surface area contributed by atoms with Gasteiger partial charge in [-0.15, -0.1) is 11.3 Å². The second kappa shape index (κ2) is 5.48. The van der Waals surface area contributed by atoms with Gasteiger partial charge in [-0.2, -0.15) is 0 Å². The van der Waals surface area contributed by atoms with E-state index in [-0.39, 0.29) is 18.4 Å². The maximum atomic E-state index is 11.1. The number of hydrogen-bond donors (Lipinski definition) is 1. The fraction of sp³-hybridized carbons (Fsp3) is 0.444. The summed E-state index contributed by atoms with van der Waals surface area (Å²) in [6, 6.07) is 3.58. The maximum absolute atomic E-state index is 11.1. The number of hydrogen-bond acceptors (Lipinski definition) is 4. The van der Waals surface area contributed by atoms with E-state index in [1.54, 1.807) is 6.92 Å². The van der Waals surface area contributed by atoms with E-state index in [1.165, 1.54) is 11.3 Å². The molecule has 1 aromatic rings. The molecule has 0 bridgehead atoms. The molecule has 78 valence electrons. The van der Waals surface area contributed by atoms with Gasteiger partial charge < -0.3 is 10.5 Å². The highest BCUT2D eigenvalue weighted by atomic mass is 79.9. The molecule has 0 aromatic carbocycles. The molecule has 0 fully saturated rings. The van der Waals surface area contributed by atoms with Crippen molar-refractivity contribution in [1.82, 2.24) is 0 Å². The fourth-order valence-corrected chi connectivity index (χ4v) is 2.45. The summed E-state index contributed by atoms with van der Waals surface area (Å²) in [6.45, 7) is 2.19. The lowest BCUT2D eigenvalue weighted by Crippen LogP contribution is -2.16. The van der Waals surface area contributed by atoms with Crippen molar-refractivity contribution in [2.45, 2.75) is 19.4 Å². The molecule has 0 aliphatic rings. The van der Waals surface area contributed by atoms with E-state index in [1.807, 2.05) is 12.1 Å². The zero-order valence-electron chi connectivity index (χ0n) is 7.83. The van der Waals surface area contributed by atoms with Gasteiger partial charge in [0.15, 0.2) is 0 Å². The monoisotopic (exact) mass is 277 g/mol. The Kier molecular flexibility index (Phi) is 4.57. The normalized spacial score (nSPS) is 12.5. The van der Waals surface area contributed by atoms with Crippen LogP contribution in [0.15, 0.2) is 15.9 Å². The van der Waals surface area contributed by atoms with E-state index in [2.05, 4.69) is 15.9 Å². The lowest BCUT2D eigenvalue weighted by atomic mass is 10.2. The molecule has 1 heterocycles. The summed E-state index contributed by atoms with van der Waals surface area (Å²) in [5.74, 6) is -0.246. The Morgan fingerprint density at radius 2 is 2.43 bits per heavy atom. The van der Waals surface area contributed by atoms with Gasteiger partial charge in [-0.3, -0.25) is 4.79 Å². The summed E-state index contributed by atoms with van der Waals surface area (Å²) in [5.41, 5.74) is 5.83. The van der Waals surface area contributed by atoms with Crippen LogP contribution in [0.4, 0.5) is 0 Å². The van der Waals surface area contributed by atoms with Crippen molar-refractivity contribution in [3.63, 3.8) is 0 Å². The Bertz CT molecular complexity index is 314. The first-order chi connectivity index (χ1) is 6.63. The molecule has 0 aliphatic carbocycles. The smallest absolute Gasteiger partial charge is 0.307 e. The average Bonchev–Trinajstić information content (AvgIpc) is 2.52. The van der Waals surface area contributed by atoms with Crippen LogP contribution >= 0.6 is 27.3 Å². The van der Waals surface area contributed by atoms with Gasteiger partial charge in [0.05, 0.1) is 16.8 Å². The van der Waals surface area contributed by atoms with Crippen LogP contribution in [0, 0.1) is 0 Å². The van der Waals surface area contributed by atoms with E-state index in [0.717, 1.165) is 8.66 Å². The van der Waals surface area contributed by atoms with Crippen molar-refractivity contribution in [3.05, 3.63) is 20.8 Å². The fourth-order valence-electron chi connectivity index (χ4n) is 1.03. The highest BCUT2D eigenvalue weighted by molar-refractivity contribution is 9.11. The second-order valence-electron chi connectivity index (χ2n) is 2.76. The number of ether oxygens (including phenoxy) is 1. The zero-order valence-corrected chi connectivity index (χ0v) is 10.2. The summed E-state index contributed by atoms with van der Waals surface area (Å²) in [7, 11) is 0. The van der Waals surface area contributed by atoms with Gasteiger partial charge in [0.1, 0.15) is 0 Å². The second-order valence-corrected chi connectivity index (χ2v) is 5.25. The van der Waals surface area contributed by atoms with Gasteiger partial charge in [0.2, 0.25) is 0 Å². The molecule has 0 amide bonds. The Labute approximate surface area is 95.4 Å². The number of rotatable bonds is 4. The van der Waals surface area contributed by atoms with Gasteiger partial charge >= 0.3 is 5.97 Å².